The van der Waals surface area contributed by atoms with Crippen LogP contribution in [0, 0.1) is 11.2 Å². The third-order valence-corrected chi connectivity index (χ3v) is 3.98. The van der Waals surface area contributed by atoms with Crippen LogP contribution in [0.15, 0.2) is 18.2 Å². The van der Waals surface area contributed by atoms with Crippen LogP contribution in [0.25, 0.3) is 0 Å². The Morgan fingerprint density at radius 1 is 1.32 bits per heavy atom. The number of carbonyl (C=O) groups is 2. The minimum atomic E-state index is -0.641. The maximum atomic E-state index is 13.0. The van der Waals surface area contributed by atoms with Gasteiger partial charge >= 0.3 is 0 Å². The Labute approximate surface area is 111 Å². The van der Waals surface area contributed by atoms with Crippen LogP contribution in [0.3, 0.4) is 0 Å². The molecular formula is C14H17FN2O2. The molecule has 1 aromatic rings. The van der Waals surface area contributed by atoms with Gasteiger partial charge in [-0.05, 0) is 31.0 Å². The third kappa shape index (κ3) is 1.99. The SMILES string of the molecule is CCC1(CC)CC(=O)N(c2ccc(F)cc2N)C1=O. The van der Waals surface area contributed by atoms with Crippen molar-refractivity contribution >= 4 is 23.2 Å². The van der Waals surface area contributed by atoms with Gasteiger partial charge in [0, 0.05) is 6.42 Å². The van der Waals surface area contributed by atoms with Crippen LogP contribution in [0.1, 0.15) is 33.1 Å². The monoisotopic (exact) mass is 264 g/mol. The zero-order chi connectivity index (χ0) is 14.2. The van der Waals surface area contributed by atoms with E-state index in [0.29, 0.717) is 12.8 Å². The average Bonchev–Trinajstić information content (AvgIpc) is 2.62. The fourth-order valence-electron chi connectivity index (χ4n) is 2.57. The maximum Gasteiger partial charge on any atom is 0.240 e. The van der Waals surface area contributed by atoms with Crippen molar-refractivity contribution in [1.29, 1.82) is 0 Å². The second kappa shape index (κ2) is 4.64. The zero-order valence-corrected chi connectivity index (χ0v) is 11.1. The lowest BCUT2D eigenvalue weighted by atomic mass is 9.81. The number of hydrogen-bond acceptors (Lipinski definition) is 3. The van der Waals surface area contributed by atoms with Gasteiger partial charge in [-0.2, -0.15) is 0 Å². The molecule has 2 amide bonds. The van der Waals surface area contributed by atoms with Crippen molar-refractivity contribution in [3.8, 4) is 0 Å². The molecular weight excluding hydrogens is 247 g/mol. The fraction of sp³-hybridized carbons (Fsp3) is 0.429. The fourth-order valence-corrected chi connectivity index (χ4v) is 2.57. The van der Waals surface area contributed by atoms with Crippen LogP contribution in [0.4, 0.5) is 15.8 Å². The number of nitrogens with zero attached hydrogens (tertiary/aromatic N) is 1. The Hall–Kier alpha value is -1.91. The molecule has 0 atom stereocenters. The number of halogens is 1. The normalized spacial score (nSPS) is 18.2. The van der Waals surface area contributed by atoms with Gasteiger partial charge in [-0.3, -0.25) is 9.59 Å². The Bertz CT molecular complexity index is 538. The number of carbonyl (C=O) groups excluding carboxylic acids is 2. The Morgan fingerprint density at radius 3 is 2.42 bits per heavy atom. The van der Waals surface area contributed by atoms with Crippen molar-refractivity contribution in [3.63, 3.8) is 0 Å². The van der Waals surface area contributed by atoms with Gasteiger partial charge in [0.05, 0.1) is 16.8 Å². The van der Waals surface area contributed by atoms with Gasteiger partial charge in [0.25, 0.3) is 0 Å². The molecule has 0 aromatic heterocycles. The third-order valence-electron chi connectivity index (χ3n) is 3.98. The summed E-state index contributed by atoms with van der Waals surface area (Å²) in [5.74, 6) is -0.995. The van der Waals surface area contributed by atoms with E-state index >= 15 is 0 Å². The smallest absolute Gasteiger partial charge is 0.240 e. The lowest BCUT2D eigenvalue weighted by molar-refractivity contribution is -0.126. The van der Waals surface area contributed by atoms with Gasteiger partial charge < -0.3 is 5.73 Å². The van der Waals surface area contributed by atoms with E-state index in [-0.39, 0.29) is 29.6 Å². The first-order valence-electron chi connectivity index (χ1n) is 6.37. The van der Waals surface area contributed by atoms with Crippen molar-refractivity contribution in [2.24, 2.45) is 5.41 Å². The summed E-state index contributed by atoms with van der Waals surface area (Å²) >= 11 is 0. The largest absolute Gasteiger partial charge is 0.397 e. The van der Waals surface area contributed by atoms with E-state index in [2.05, 4.69) is 0 Å². The topological polar surface area (TPSA) is 63.4 Å². The molecule has 19 heavy (non-hydrogen) atoms. The highest BCUT2D eigenvalue weighted by atomic mass is 19.1. The van der Waals surface area contributed by atoms with Crippen molar-refractivity contribution in [2.45, 2.75) is 33.1 Å². The van der Waals surface area contributed by atoms with Gasteiger partial charge in [-0.15, -0.1) is 0 Å². The Balaban J connectivity index is 2.46. The summed E-state index contributed by atoms with van der Waals surface area (Å²) in [7, 11) is 0. The van der Waals surface area contributed by atoms with E-state index < -0.39 is 11.2 Å². The molecule has 1 aromatic carbocycles. The minimum Gasteiger partial charge on any atom is -0.397 e. The molecule has 0 bridgehead atoms. The molecule has 0 spiro atoms. The van der Waals surface area contributed by atoms with Crippen molar-refractivity contribution in [1.82, 2.24) is 0 Å². The van der Waals surface area contributed by atoms with Gasteiger partial charge in [0.15, 0.2) is 0 Å². The molecule has 1 fully saturated rings. The van der Waals surface area contributed by atoms with Crippen LogP contribution >= 0.6 is 0 Å². The van der Waals surface area contributed by atoms with Crippen LogP contribution in [0.5, 0.6) is 0 Å². The maximum absolute atomic E-state index is 13.0. The first kappa shape index (κ1) is 13.5. The average molecular weight is 264 g/mol. The zero-order valence-electron chi connectivity index (χ0n) is 11.1. The quantitative estimate of drug-likeness (QED) is 0.673. The summed E-state index contributed by atoms with van der Waals surface area (Å²) in [6, 6.07) is 3.69. The molecule has 1 heterocycles. The molecule has 0 saturated carbocycles. The van der Waals surface area contributed by atoms with Crippen LogP contribution in [0.2, 0.25) is 0 Å². The lowest BCUT2D eigenvalue weighted by Crippen LogP contribution is -2.35. The Kier molecular flexibility index (Phi) is 3.30. The molecule has 4 nitrogen and oxygen atoms in total. The number of nitrogen functional groups attached to an aromatic ring is 1. The van der Waals surface area contributed by atoms with Crippen LogP contribution < -0.4 is 10.6 Å². The molecule has 2 N–H and O–H groups in total. The van der Waals surface area contributed by atoms with E-state index in [0.717, 1.165) is 11.0 Å². The molecule has 2 rings (SSSR count). The summed E-state index contributed by atoms with van der Waals surface area (Å²) < 4.78 is 13.0. The number of imide groups is 1. The first-order valence-corrected chi connectivity index (χ1v) is 6.37. The first-order chi connectivity index (χ1) is 8.95. The van der Waals surface area contributed by atoms with Gasteiger partial charge in [0.1, 0.15) is 5.82 Å². The molecule has 5 heteroatoms. The van der Waals surface area contributed by atoms with E-state index in [1.54, 1.807) is 0 Å². The molecule has 1 aliphatic rings. The number of anilines is 2. The number of benzene rings is 1. The number of hydrogen-bond donors (Lipinski definition) is 1. The highest BCUT2D eigenvalue weighted by Gasteiger charge is 2.50. The number of amides is 2. The standard InChI is InChI=1S/C14H17FN2O2/c1-3-14(4-2)8-12(18)17(13(14)19)11-6-5-9(15)7-10(11)16/h5-7H,3-4,8,16H2,1-2H3. The highest BCUT2D eigenvalue weighted by Crippen LogP contribution is 2.42. The van der Waals surface area contributed by atoms with Crippen molar-refractivity contribution in [2.75, 3.05) is 10.6 Å². The molecule has 102 valence electrons. The van der Waals surface area contributed by atoms with Crippen molar-refractivity contribution < 1.29 is 14.0 Å². The summed E-state index contributed by atoms with van der Waals surface area (Å²) in [5, 5.41) is 0. The second-order valence-electron chi connectivity index (χ2n) is 4.90. The van der Waals surface area contributed by atoms with Gasteiger partial charge in [-0.1, -0.05) is 13.8 Å². The molecule has 0 unspecified atom stereocenters. The van der Waals surface area contributed by atoms with Crippen molar-refractivity contribution in [3.05, 3.63) is 24.0 Å². The summed E-state index contributed by atoms with van der Waals surface area (Å²) in [6.07, 6.45) is 1.40. The van der Waals surface area contributed by atoms with E-state index in [1.165, 1.54) is 12.1 Å². The summed E-state index contributed by atoms with van der Waals surface area (Å²) in [5.41, 5.74) is 5.45. The van der Waals surface area contributed by atoms with E-state index in [1.807, 2.05) is 13.8 Å². The Morgan fingerprint density at radius 2 is 1.95 bits per heavy atom. The molecule has 0 radical (unpaired) electrons. The molecule has 1 saturated heterocycles. The number of nitrogens with two attached hydrogens (primary N) is 1. The minimum absolute atomic E-state index is 0.102. The second-order valence-corrected chi connectivity index (χ2v) is 4.90. The predicted octanol–water partition coefficient (Wildman–Crippen LogP) is 2.48. The van der Waals surface area contributed by atoms with E-state index in [9.17, 15) is 14.0 Å². The summed E-state index contributed by atoms with van der Waals surface area (Å²) in [6.45, 7) is 3.79. The van der Waals surface area contributed by atoms with E-state index in [4.69, 9.17) is 5.73 Å². The van der Waals surface area contributed by atoms with Gasteiger partial charge in [0.2, 0.25) is 11.8 Å². The van der Waals surface area contributed by atoms with Crippen LogP contribution in [-0.2, 0) is 9.59 Å². The molecule has 1 aliphatic heterocycles. The highest BCUT2D eigenvalue weighted by molar-refractivity contribution is 6.23. The molecule has 0 aliphatic carbocycles. The number of rotatable bonds is 3. The van der Waals surface area contributed by atoms with Gasteiger partial charge in [-0.25, -0.2) is 9.29 Å². The predicted molar refractivity (Wildman–Crippen MR) is 70.9 cm³/mol. The lowest BCUT2D eigenvalue weighted by Gasteiger charge is -2.24. The van der Waals surface area contributed by atoms with Crippen LogP contribution in [-0.4, -0.2) is 11.8 Å². The summed E-state index contributed by atoms with van der Waals surface area (Å²) in [4.78, 5) is 25.7.